The van der Waals surface area contributed by atoms with Gasteiger partial charge in [0.1, 0.15) is 0 Å². The van der Waals surface area contributed by atoms with Crippen molar-refractivity contribution in [3.63, 3.8) is 0 Å². The number of aromatic nitrogens is 2. The molecule has 1 amide bonds. The van der Waals surface area contributed by atoms with Gasteiger partial charge >= 0.3 is 6.18 Å². The number of carbonyl (C=O) groups is 1. The number of benzene rings is 1. The van der Waals surface area contributed by atoms with Crippen molar-refractivity contribution < 1.29 is 18.0 Å². The Morgan fingerprint density at radius 3 is 2.31 bits per heavy atom. The molecule has 9 heteroatoms. The zero-order chi connectivity index (χ0) is 19.6. The molecule has 2 aromatic rings. The average Bonchev–Trinajstić information content (AvgIpc) is 2.53. The third-order valence-corrected chi connectivity index (χ3v) is 5.11. The summed E-state index contributed by atoms with van der Waals surface area (Å²) < 4.78 is 38.4. The molecule has 140 valence electrons. The van der Waals surface area contributed by atoms with Crippen molar-refractivity contribution in [3.05, 3.63) is 45.7 Å². The van der Waals surface area contributed by atoms with E-state index in [0.717, 1.165) is 46.9 Å². The molecule has 1 aromatic heterocycles. The molecule has 0 saturated carbocycles. The molecule has 0 fully saturated rings. The lowest BCUT2D eigenvalue weighted by molar-refractivity contribution is -0.137. The van der Waals surface area contributed by atoms with E-state index < -0.39 is 22.9 Å². The van der Waals surface area contributed by atoms with Crippen molar-refractivity contribution in [2.75, 3.05) is 5.32 Å². The molecule has 4 nitrogen and oxygen atoms in total. The van der Waals surface area contributed by atoms with Crippen molar-refractivity contribution in [1.82, 2.24) is 9.97 Å². The van der Waals surface area contributed by atoms with E-state index in [1.807, 2.05) is 20.8 Å². The van der Waals surface area contributed by atoms with Crippen molar-refractivity contribution in [3.8, 4) is 0 Å². The Labute approximate surface area is 158 Å². The number of aryl methyl sites for hydroxylation is 2. The summed E-state index contributed by atoms with van der Waals surface area (Å²) in [4.78, 5) is 21.0. The fraction of sp³-hybridized carbons (Fsp3) is 0.353. The highest BCUT2D eigenvalue weighted by atomic mass is 35.5. The Balaban J connectivity index is 2.15. The van der Waals surface area contributed by atoms with Gasteiger partial charge in [-0.3, -0.25) is 4.79 Å². The number of halogens is 4. The number of anilines is 1. The zero-order valence-electron chi connectivity index (χ0n) is 14.5. The molecule has 0 aliphatic heterocycles. The first-order chi connectivity index (χ1) is 12.0. The van der Waals surface area contributed by atoms with Crippen LogP contribution in [0.15, 0.2) is 23.4 Å². The van der Waals surface area contributed by atoms with E-state index in [-0.39, 0.29) is 10.7 Å². The minimum Gasteiger partial charge on any atom is -0.324 e. The molecule has 1 atom stereocenters. The van der Waals surface area contributed by atoms with Gasteiger partial charge < -0.3 is 5.32 Å². The predicted molar refractivity (Wildman–Crippen MR) is 96.6 cm³/mol. The Morgan fingerprint density at radius 1 is 1.19 bits per heavy atom. The first-order valence-electron chi connectivity index (χ1n) is 7.65. The van der Waals surface area contributed by atoms with E-state index in [4.69, 9.17) is 11.6 Å². The summed E-state index contributed by atoms with van der Waals surface area (Å²) >= 11 is 7.02. The first kappa shape index (κ1) is 20.5. The number of hydrogen-bond acceptors (Lipinski definition) is 4. The lowest BCUT2D eigenvalue weighted by atomic mass is 10.2. The molecule has 1 N–H and O–H groups in total. The van der Waals surface area contributed by atoms with E-state index in [0.29, 0.717) is 5.16 Å². The molecular weight excluding hydrogens is 387 g/mol. The van der Waals surface area contributed by atoms with Crippen LogP contribution >= 0.6 is 23.4 Å². The van der Waals surface area contributed by atoms with Crippen LogP contribution in [-0.4, -0.2) is 21.1 Å². The number of nitrogens with one attached hydrogen (secondary N) is 1. The first-order valence-corrected chi connectivity index (χ1v) is 8.91. The Hall–Kier alpha value is -1.80. The van der Waals surface area contributed by atoms with Gasteiger partial charge in [-0.25, -0.2) is 9.97 Å². The van der Waals surface area contributed by atoms with Crippen LogP contribution in [0, 0.1) is 20.8 Å². The number of nitrogens with zero attached hydrogens (tertiary/aromatic N) is 2. The summed E-state index contributed by atoms with van der Waals surface area (Å²) in [6.45, 7) is 7.22. The molecule has 0 unspecified atom stereocenters. The Morgan fingerprint density at radius 2 is 1.77 bits per heavy atom. The summed E-state index contributed by atoms with van der Waals surface area (Å²) in [6.07, 6.45) is -4.52. The second-order valence-corrected chi connectivity index (χ2v) is 7.46. The lowest BCUT2D eigenvalue weighted by Gasteiger charge is -2.15. The zero-order valence-corrected chi connectivity index (χ0v) is 16.1. The maximum absolute atomic E-state index is 12.8. The number of amides is 1. The lowest BCUT2D eigenvalue weighted by Crippen LogP contribution is -2.23. The summed E-state index contributed by atoms with van der Waals surface area (Å²) in [6, 6.07) is 2.78. The van der Waals surface area contributed by atoms with Crippen LogP contribution in [0.3, 0.4) is 0 Å². The van der Waals surface area contributed by atoms with Crippen LogP contribution in [0.4, 0.5) is 18.9 Å². The van der Waals surface area contributed by atoms with E-state index in [1.165, 1.54) is 0 Å². The number of carbonyl (C=O) groups excluding carboxylic acids is 1. The minimum absolute atomic E-state index is 0.0295. The predicted octanol–water partition coefficient (Wildman–Crippen LogP) is 5.19. The number of rotatable bonds is 4. The van der Waals surface area contributed by atoms with Crippen LogP contribution in [0.2, 0.25) is 5.02 Å². The van der Waals surface area contributed by atoms with Gasteiger partial charge in [0.25, 0.3) is 0 Å². The number of alkyl halides is 3. The van der Waals surface area contributed by atoms with Crippen LogP contribution in [0.1, 0.15) is 29.4 Å². The van der Waals surface area contributed by atoms with Crippen molar-refractivity contribution in [1.29, 1.82) is 0 Å². The highest BCUT2D eigenvalue weighted by Crippen LogP contribution is 2.34. The minimum atomic E-state index is -4.52. The van der Waals surface area contributed by atoms with E-state index in [2.05, 4.69) is 15.3 Å². The quantitative estimate of drug-likeness (QED) is 0.563. The largest absolute Gasteiger partial charge is 0.416 e. The molecule has 0 aliphatic rings. The molecule has 0 aliphatic carbocycles. The van der Waals surface area contributed by atoms with Crippen molar-refractivity contribution in [2.24, 2.45) is 0 Å². The summed E-state index contributed by atoms with van der Waals surface area (Å²) in [5, 5.41) is 2.28. The molecule has 26 heavy (non-hydrogen) atoms. The summed E-state index contributed by atoms with van der Waals surface area (Å²) in [5.41, 5.74) is 1.63. The Kier molecular flexibility index (Phi) is 6.18. The highest BCUT2D eigenvalue weighted by molar-refractivity contribution is 8.00. The molecule has 0 saturated heterocycles. The van der Waals surface area contributed by atoms with Crippen molar-refractivity contribution in [2.45, 2.75) is 44.3 Å². The molecular formula is C17H17ClF3N3OS. The van der Waals surface area contributed by atoms with Gasteiger partial charge in [-0.05, 0) is 51.5 Å². The van der Waals surface area contributed by atoms with Gasteiger partial charge in [0, 0.05) is 11.4 Å². The molecule has 2 rings (SSSR count). The van der Waals surface area contributed by atoms with Crippen LogP contribution in [0.25, 0.3) is 0 Å². The smallest absolute Gasteiger partial charge is 0.324 e. The number of hydrogen-bond donors (Lipinski definition) is 1. The monoisotopic (exact) mass is 403 g/mol. The molecule has 0 bridgehead atoms. The second kappa shape index (κ2) is 7.84. The summed E-state index contributed by atoms with van der Waals surface area (Å²) in [5.74, 6) is -0.490. The van der Waals surface area contributed by atoms with Gasteiger partial charge in [0.2, 0.25) is 5.91 Å². The summed E-state index contributed by atoms with van der Waals surface area (Å²) in [7, 11) is 0. The number of thioether (sulfide) groups is 1. The molecule has 1 heterocycles. The normalized spacial score (nSPS) is 12.8. The van der Waals surface area contributed by atoms with E-state index >= 15 is 0 Å². The second-order valence-electron chi connectivity index (χ2n) is 5.74. The van der Waals surface area contributed by atoms with Crippen LogP contribution in [-0.2, 0) is 11.0 Å². The molecule has 0 radical (unpaired) electrons. The fourth-order valence-electron chi connectivity index (χ4n) is 2.04. The average molecular weight is 404 g/mol. The van der Waals surface area contributed by atoms with Gasteiger partial charge in [-0.15, -0.1) is 0 Å². The third kappa shape index (κ3) is 4.88. The standard InChI is InChI=1S/C17H17ClF3N3OS/c1-8-9(2)22-16(23-10(8)3)26-11(4)15(25)24-14-7-12(17(19,20)21)5-6-13(14)18/h5-7,11H,1-4H3,(H,24,25)/t11-/m0/s1. The SMILES string of the molecule is Cc1nc(S[C@@H](C)C(=O)Nc2cc(C(F)(F)F)ccc2Cl)nc(C)c1C. The van der Waals surface area contributed by atoms with Gasteiger partial charge in [-0.2, -0.15) is 13.2 Å². The Bertz CT molecular complexity index is 819. The van der Waals surface area contributed by atoms with Gasteiger partial charge in [-0.1, -0.05) is 23.4 Å². The molecule has 1 aromatic carbocycles. The maximum Gasteiger partial charge on any atom is 0.416 e. The topological polar surface area (TPSA) is 54.9 Å². The van der Waals surface area contributed by atoms with Crippen LogP contribution < -0.4 is 5.32 Å². The maximum atomic E-state index is 12.8. The van der Waals surface area contributed by atoms with Gasteiger partial charge in [0.15, 0.2) is 5.16 Å². The molecule has 0 spiro atoms. The third-order valence-electron chi connectivity index (χ3n) is 3.82. The van der Waals surface area contributed by atoms with E-state index in [1.54, 1.807) is 6.92 Å². The van der Waals surface area contributed by atoms with Crippen molar-refractivity contribution >= 4 is 35.0 Å². The highest BCUT2D eigenvalue weighted by Gasteiger charge is 2.31. The van der Waals surface area contributed by atoms with Crippen LogP contribution in [0.5, 0.6) is 0 Å². The fourth-order valence-corrected chi connectivity index (χ4v) is 3.06. The van der Waals surface area contributed by atoms with Gasteiger partial charge in [0.05, 0.1) is 21.5 Å². The van der Waals surface area contributed by atoms with E-state index in [9.17, 15) is 18.0 Å².